The summed E-state index contributed by atoms with van der Waals surface area (Å²) in [5.74, 6) is 0. The van der Waals surface area contributed by atoms with Crippen LogP contribution in [0.1, 0.15) is 36.1 Å². The summed E-state index contributed by atoms with van der Waals surface area (Å²) in [6.45, 7) is 8.21. The molecule has 0 aromatic heterocycles. The van der Waals surface area contributed by atoms with Crippen LogP contribution in [0, 0.1) is 13.8 Å². The number of aliphatic imine (C=N–C) groups is 2. The predicted octanol–water partition coefficient (Wildman–Crippen LogP) is 4.87. The Morgan fingerprint density at radius 1 is 0.591 bits per heavy atom. The summed E-state index contributed by atoms with van der Waals surface area (Å²) >= 11 is 0. The van der Waals surface area contributed by atoms with Gasteiger partial charge in [0, 0.05) is 25.5 Å². The molecule has 0 saturated carbocycles. The van der Waals surface area contributed by atoms with Gasteiger partial charge in [-0.1, -0.05) is 59.7 Å². The number of hydrogen-bond acceptors (Lipinski definition) is 2. The summed E-state index contributed by atoms with van der Waals surface area (Å²) in [6.07, 6.45) is 0. The first-order valence-electron chi connectivity index (χ1n) is 7.48. The molecule has 2 rings (SSSR count). The fourth-order valence-corrected chi connectivity index (χ4v) is 1.85. The van der Waals surface area contributed by atoms with Crippen LogP contribution in [0.5, 0.6) is 0 Å². The average Bonchev–Trinajstić information content (AvgIpc) is 2.55. The molecule has 22 heavy (non-hydrogen) atoms. The van der Waals surface area contributed by atoms with Crippen LogP contribution in [-0.2, 0) is 0 Å². The van der Waals surface area contributed by atoms with E-state index < -0.39 is 0 Å². The van der Waals surface area contributed by atoms with Gasteiger partial charge in [0.15, 0.2) is 0 Å². The first-order chi connectivity index (χ1) is 10.5. The van der Waals surface area contributed by atoms with Gasteiger partial charge < -0.3 is 0 Å². The Balaban J connectivity index is 0.000000220. The fourth-order valence-electron chi connectivity index (χ4n) is 1.85. The number of benzene rings is 2. The molecular weight excluding hydrogens is 268 g/mol. The van der Waals surface area contributed by atoms with E-state index in [-0.39, 0.29) is 0 Å². The van der Waals surface area contributed by atoms with Crippen molar-refractivity contribution in [1.29, 1.82) is 0 Å². The minimum atomic E-state index is 1.09. The van der Waals surface area contributed by atoms with Gasteiger partial charge in [0.2, 0.25) is 0 Å². The van der Waals surface area contributed by atoms with Gasteiger partial charge in [0.1, 0.15) is 0 Å². The summed E-state index contributed by atoms with van der Waals surface area (Å²) in [4.78, 5) is 8.21. The zero-order chi connectivity index (χ0) is 16.5. The number of nitrogens with zero attached hydrogens (tertiary/aromatic N) is 2. The lowest BCUT2D eigenvalue weighted by Gasteiger charge is -1.98. The first-order valence-corrected chi connectivity index (χ1v) is 7.48. The molecular formula is C20H26N2. The zero-order valence-corrected chi connectivity index (χ0v) is 14.5. The van der Waals surface area contributed by atoms with Crippen LogP contribution in [-0.4, -0.2) is 25.5 Å². The molecule has 0 atom stereocenters. The van der Waals surface area contributed by atoms with E-state index >= 15 is 0 Å². The van der Waals surface area contributed by atoms with E-state index in [1.165, 1.54) is 22.3 Å². The predicted molar refractivity (Wildman–Crippen MR) is 98.6 cm³/mol. The van der Waals surface area contributed by atoms with Gasteiger partial charge in [-0.15, -0.1) is 0 Å². The zero-order valence-electron chi connectivity index (χ0n) is 14.5. The Hall–Kier alpha value is -2.22. The maximum atomic E-state index is 4.11. The third kappa shape index (κ3) is 5.65. The molecule has 0 aliphatic heterocycles. The second-order valence-electron chi connectivity index (χ2n) is 5.35. The lowest BCUT2D eigenvalue weighted by Crippen LogP contribution is -1.92. The normalized spacial score (nSPS) is 11.7. The number of rotatable bonds is 2. The van der Waals surface area contributed by atoms with Crippen molar-refractivity contribution in [3.63, 3.8) is 0 Å². The van der Waals surface area contributed by atoms with Gasteiger partial charge in [0.05, 0.1) is 0 Å². The number of aryl methyl sites for hydroxylation is 2. The van der Waals surface area contributed by atoms with Crippen molar-refractivity contribution >= 4 is 11.4 Å². The van der Waals surface area contributed by atoms with Gasteiger partial charge in [-0.25, -0.2) is 0 Å². The molecule has 0 unspecified atom stereocenters. The topological polar surface area (TPSA) is 24.7 Å². The fraction of sp³-hybridized carbons (Fsp3) is 0.300. The minimum Gasteiger partial charge on any atom is -0.293 e. The van der Waals surface area contributed by atoms with Crippen molar-refractivity contribution in [2.75, 3.05) is 14.1 Å². The summed E-state index contributed by atoms with van der Waals surface area (Å²) in [6, 6.07) is 16.8. The van der Waals surface area contributed by atoms with Gasteiger partial charge >= 0.3 is 0 Å². The summed E-state index contributed by atoms with van der Waals surface area (Å²) in [5, 5.41) is 0. The van der Waals surface area contributed by atoms with Gasteiger partial charge in [-0.2, -0.15) is 0 Å². The summed E-state index contributed by atoms with van der Waals surface area (Å²) < 4.78 is 0. The van der Waals surface area contributed by atoms with E-state index in [9.17, 15) is 0 Å². The average molecular weight is 294 g/mol. The molecule has 0 aliphatic carbocycles. The second kappa shape index (κ2) is 8.93. The Labute approximate surface area is 134 Å². The molecule has 0 heterocycles. The second-order valence-corrected chi connectivity index (χ2v) is 5.35. The van der Waals surface area contributed by atoms with Crippen molar-refractivity contribution in [3.05, 3.63) is 70.8 Å². The molecule has 116 valence electrons. The van der Waals surface area contributed by atoms with Crippen LogP contribution < -0.4 is 0 Å². The Morgan fingerprint density at radius 3 is 1.09 bits per heavy atom. The third-order valence-electron chi connectivity index (χ3n) is 3.61. The monoisotopic (exact) mass is 294 g/mol. The highest BCUT2D eigenvalue weighted by molar-refractivity contribution is 5.99. The summed E-state index contributed by atoms with van der Waals surface area (Å²) in [7, 11) is 3.63. The van der Waals surface area contributed by atoms with Crippen LogP contribution in [0.4, 0.5) is 0 Å². The van der Waals surface area contributed by atoms with Gasteiger partial charge in [-0.3, -0.25) is 9.98 Å². The van der Waals surface area contributed by atoms with Crippen LogP contribution in [0.25, 0.3) is 0 Å². The van der Waals surface area contributed by atoms with Crippen molar-refractivity contribution in [2.45, 2.75) is 27.7 Å². The van der Waals surface area contributed by atoms with E-state index in [0.717, 1.165) is 11.4 Å². The summed E-state index contributed by atoms with van der Waals surface area (Å²) in [5.41, 5.74) is 7.17. The van der Waals surface area contributed by atoms with Crippen molar-refractivity contribution in [2.24, 2.45) is 9.98 Å². The largest absolute Gasteiger partial charge is 0.293 e. The highest BCUT2D eigenvalue weighted by Crippen LogP contribution is 2.04. The van der Waals surface area contributed by atoms with Gasteiger partial charge in [0.25, 0.3) is 0 Å². The minimum absolute atomic E-state index is 1.09. The molecule has 2 aromatic carbocycles. The lowest BCUT2D eigenvalue weighted by atomic mass is 10.1. The van der Waals surface area contributed by atoms with Crippen molar-refractivity contribution < 1.29 is 0 Å². The smallest absolute Gasteiger partial charge is 0.0386 e. The van der Waals surface area contributed by atoms with Crippen LogP contribution >= 0.6 is 0 Å². The third-order valence-corrected chi connectivity index (χ3v) is 3.61. The maximum Gasteiger partial charge on any atom is 0.0386 e. The molecule has 0 fully saturated rings. The molecule has 2 aromatic rings. The molecule has 0 aliphatic rings. The van der Waals surface area contributed by atoms with Crippen LogP contribution in [0.2, 0.25) is 0 Å². The van der Waals surface area contributed by atoms with Crippen LogP contribution in [0.15, 0.2) is 58.5 Å². The van der Waals surface area contributed by atoms with Crippen molar-refractivity contribution in [1.82, 2.24) is 0 Å². The maximum absolute atomic E-state index is 4.11. The lowest BCUT2D eigenvalue weighted by molar-refractivity contribution is 1.39. The molecule has 2 heteroatoms. The number of hydrogen-bond donors (Lipinski definition) is 0. The van der Waals surface area contributed by atoms with E-state index in [1.54, 1.807) is 0 Å². The first kappa shape index (κ1) is 17.8. The van der Waals surface area contributed by atoms with Crippen LogP contribution in [0.3, 0.4) is 0 Å². The Morgan fingerprint density at radius 2 is 0.864 bits per heavy atom. The van der Waals surface area contributed by atoms with E-state index in [1.807, 2.05) is 27.9 Å². The van der Waals surface area contributed by atoms with Crippen molar-refractivity contribution in [3.8, 4) is 0 Å². The molecule has 0 spiro atoms. The Bertz CT molecular complexity index is 573. The molecule has 0 amide bonds. The highest BCUT2D eigenvalue weighted by atomic mass is 14.7. The molecule has 2 nitrogen and oxygen atoms in total. The quantitative estimate of drug-likeness (QED) is 0.706. The molecule has 0 radical (unpaired) electrons. The SMILES string of the molecule is CN=C(C)c1ccc(C)cc1.CN=C(C)c1ccc(C)cc1. The molecule has 0 N–H and O–H groups in total. The van der Waals surface area contributed by atoms with E-state index in [4.69, 9.17) is 0 Å². The van der Waals surface area contributed by atoms with E-state index in [2.05, 4.69) is 72.4 Å². The molecule has 0 bridgehead atoms. The standard InChI is InChI=1S/2C10H13N/c2*1-8-4-6-10(7-5-8)9(2)11-3/h2*4-7H,1-3H3. The Kier molecular flexibility index (Phi) is 7.24. The van der Waals surface area contributed by atoms with E-state index in [0.29, 0.717) is 0 Å². The molecule has 0 saturated heterocycles. The highest BCUT2D eigenvalue weighted by Gasteiger charge is 1.94. The van der Waals surface area contributed by atoms with Gasteiger partial charge in [-0.05, 0) is 38.8 Å².